The number of carbonyl (C=O) groups excluding carboxylic acids is 1. The maximum Gasteiger partial charge on any atom is 0.255 e. The van der Waals surface area contributed by atoms with E-state index in [-0.39, 0.29) is 18.3 Å². The van der Waals surface area contributed by atoms with E-state index in [0.717, 1.165) is 5.56 Å². The van der Waals surface area contributed by atoms with Gasteiger partial charge in [-0.1, -0.05) is 29.8 Å². The van der Waals surface area contributed by atoms with E-state index in [0.29, 0.717) is 33.5 Å². The molecule has 0 aliphatic carbocycles. The number of aryl methyl sites for hydroxylation is 1. The van der Waals surface area contributed by atoms with Crippen molar-refractivity contribution < 1.29 is 13.9 Å². The number of nitrogens with zero attached hydrogens (tertiary/aromatic N) is 3. The number of aromatic nitrogens is 3. The predicted octanol–water partition coefficient (Wildman–Crippen LogP) is 5.00. The number of amides is 1. The normalized spacial score (nSPS) is 10.7. The first-order chi connectivity index (χ1) is 15.0. The van der Waals surface area contributed by atoms with Crippen molar-refractivity contribution in [1.29, 1.82) is 0 Å². The summed E-state index contributed by atoms with van der Waals surface area (Å²) >= 11 is 6.29. The number of halogens is 2. The van der Waals surface area contributed by atoms with Gasteiger partial charge in [0.2, 0.25) is 5.88 Å². The molecule has 2 aromatic carbocycles. The third kappa shape index (κ3) is 4.90. The van der Waals surface area contributed by atoms with Crippen molar-refractivity contribution in [3.63, 3.8) is 0 Å². The molecule has 0 saturated carbocycles. The molecule has 0 unspecified atom stereocenters. The van der Waals surface area contributed by atoms with E-state index >= 15 is 0 Å². The van der Waals surface area contributed by atoms with E-state index in [1.807, 2.05) is 18.2 Å². The fourth-order valence-corrected chi connectivity index (χ4v) is 3.25. The average molecular weight is 437 g/mol. The van der Waals surface area contributed by atoms with Crippen LogP contribution in [0.25, 0.3) is 11.3 Å². The molecule has 31 heavy (non-hydrogen) atoms. The van der Waals surface area contributed by atoms with Gasteiger partial charge in [-0.05, 0) is 42.0 Å². The van der Waals surface area contributed by atoms with Crippen molar-refractivity contribution in [3.05, 3.63) is 95.0 Å². The van der Waals surface area contributed by atoms with Crippen LogP contribution in [0.3, 0.4) is 0 Å². The first-order valence-electron chi connectivity index (χ1n) is 9.45. The van der Waals surface area contributed by atoms with Crippen LogP contribution in [0.15, 0.2) is 73.1 Å². The van der Waals surface area contributed by atoms with Gasteiger partial charge >= 0.3 is 0 Å². The monoisotopic (exact) mass is 436 g/mol. The Labute approximate surface area is 183 Å². The molecular weight excluding hydrogens is 419 g/mol. The highest BCUT2D eigenvalue weighted by molar-refractivity contribution is 6.33. The van der Waals surface area contributed by atoms with Gasteiger partial charge in [-0.3, -0.25) is 9.48 Å². The standard InChI is InChI=1S/C23H18ClFN4O2/c1-29-14-19(22(28-29)18-4-2-3-5-20(18)24)23(30)27-13-15-10-11-26-21(12-15)31-17-8-6-16(25)7-9-17/h2-12,14H,13H2,1H3,(H,27,30). The lowest BCUT2D eigenvalue weighted by atomic mass is 10.1. The Kier molecular flexibility index (Phi) is 5.95. The fraction of sp³-hybridized carbons (Fsp3) is 0.0870. The highest BCUT2D eigenvalue weighted by atomic mass is 35.5. The van der Waals surface area contributed by atoms with E-state index < -0.39 is 0 Å². The molecule has 1 amide bonds. The van der Waals surface area contributed by atoms with Crippen LogP contribution in [0.2, 0.25) is 5.02 Å². The number of ether oxygens (including phenoxy) is 1. The highest BCUT2D eigenvalue weighted by Crippen LogP contribution is 2.29. The second kappa shape index (κ2) is 8.97. The van der Waals surface area contributed by atoms with Crippen LogP contribution in [0.4, 0.5) is 4.39 Å². The number of benzene rings is 2. The summed E-state index contributed by atoms with van der Waals surface area (Å²) in [6.45, 7) is 0.262. The Morgan fingerprint density at radius 2 is 1.94 bits per heavy atom. The molecule has 2 aromatic heterocycles. The number of carbonyl (C=O) groups is 1. The zero-order chi connectivity index (χ0) is 21.8. The molecule has 0 spiro atoms. The van der Waals surface area contributed by atoms with Crippen LogP contribution in [0.5, 0.6) is 11.6 Å². The van der Waals surface area contributed by atoms with Gasteiger partial charge in [-0.15, -0.1) is 0 Å². The number of pyridine rings is 1. The minimum atomic E-state index is -0.344. The van der Waals surface area contributed by atoms with Crippen molar-refractivity contribution in [3.8, 4) is 22.9 Å². The van der Waals surface area contributed by atoms with Gasteiger partial charge in [0.25, 0.3) is 5.91 Å². The summed E-state index contributed by atoms with van der Waals surface area (Å²) in [5, 5.41) is 7.81. The van der Waals surface area contributed by atoms with Gasteiger partial charge in [0.1, 0.15) is 17.3 Å². The summed E-state index contributed by atoms with van der Waals surface area (Å²) in [5.74, 6) is 0.190. The molecule has 0 saturated heterocycles. The molecule has 4 aromatic rings. The summed E-state index contributed by atoms with van der Waals surface area (Å²) in [6.07, 6.45) is 3.24. The Morgan fingerprint density at radius 1 is 1.16 bits per heavy atom. The molecule has 0 aliphatic heterocycles. The topological polar surface area (TPSA) is 69.0 Å². The number of hydrogen-bond donors (Lipinski definition) is 1. The van der Waals surface area contributed by atoms with Crippen LogP contribution >= 0.6 is 11.6 Å². The Balaban J connectivity index is 1.47. The first kappa shape index (κ1) is 20.6. The van der Waals surface area contributed by atoms with Crippen LogP contribution in [0.1, 0.15) is 15.9 Å². The largest absolute Gasteiger partial charge is 0.439 e. The molecule has 6 nitrogen and oxygen atoms in total. The SMILES string of the molecule is Cn1cc(C(=O)NCc2ccnc(Oc3ccc(F)cc3)c2)c(-c2ccccc2Cl)n1. The molecule has 0 bridgehead atoms. The van der Waals surface area contributed by atoms with E-state index in [1.54, 1.807) is 42.3 Å². The predicted molar refractivity (Wildman–Crippen MR) is 116 cm³/mol. The second-order valence-corrected chi connectivity index (χ2v) is 7.19. The second-order valence-electron chi connectivity index (χ2n) is 6.79. The fourth-order valence-electron chi connectivity index (χ4n) is 3.02. The molecule has 0 aliphatic rings. The maximum atomic E-state index is 13.0. The number of hydrogen-bond acceptors (Lipinski definition) is 4. The lowest BCUT2D eigenvalue weighted by molar-refractivity contribution is 0.0951. The van der Waals surface area contributed by atoms with Crippen LogP contribution in [-0.4, -0.2) is 20.7 Å². The summed E-state index contributed by atoms with van der Waals surface area (Å²) in [7, 11) is 1.75. The smallest absolute Gasteiger partial charge is 0.255 e. The van der Waals surface area contributed by atoms with E-state index in [9.17, 15) is 9.18 Å². The molecule has 156 valence electrons. The summed E-state index contributed by atoms with van der Waals surface area (Å²) in [6, 6.07) is 16.4. The van der Waals surface area contributed by atoms with E-state index in [2.05, 4.69) is 15.4 Å². The first-order valence-corrected chi connectivity index (χ1v) is 9.82. The van der Waals surface area contributed by atoms with Crippen molar-refractivity contribution in [2.24, 2.45) is 7.05 Å². The van der Waals surface area contributed by atoms with Gasteiger partial charge in [0, 0.05) is 37.6 Å². The van der Waals surface area contributed by atoms with Crippen molar-refractivity contribution in [2.45, 2.75) is 6.54 Å². The third-order valence-corrected chi connectivity index (χ3v) is 4.82. The molecule has 0 radical (unpaired) electrons. The molecular formula is C23H18ClFN4O2. The van der Waals surface area contributed by atoms with Crippen molar-refractivity contribution in [1.82, 2.24) is 20.1 Å². The third-order valence-electron chi connectivity index (χ3n) is 4.49. The molecule has 1 N–H and O–H groups in total. The van der Waals surface area contributed by atoms with Crippen LogP contribution in [0, 0.1) is 5.82 Å². The number of rotatable bonds is 6. The van der Waals surface area contributed by atoms with Crippen LogP contribution < -0.4 is 10.1 Å². The molecule has 2 heterocycles. The van der Waals surface area contributed by atoms with Gasteiger partial charge in [-0.2, -0.15) is 5.10 Å². The average Bonchev–Trinajstić information content (AvgIpc) is 3.16. The van der Waals surface area contributed by atoms with Crippen molar-refractivity contribution in [2.75, 3.05) is 0 Å². The highest BCUT2D eigenvalue weighted by Gasteiger charge is 2.18. The van der Waals surface area contributed by atoms with E-state index in [4.69, 9.17) is 16.3 Å². The minimum Gasteiger partial charge on any atom is -0.439 e. The lowest BCUT2D eigenvalue weighted by Crippen LogP contribution is -2.23. The van der Waals surface area contributed by atoms with Gasteiger partial charge in [0.15, 0.2) is 0 Å². The van der Waals surface area contributed by atoms with Crippen molar-refractivity contribution >= 4 is 17.5 Å². The zero-order valence-corrected chi connectivity index (χ0v) is 17.3. The molecule has 8 heteroatoms. The van der Waals surface area contributed by atoms with E-state index in [1.165, 1.54) is 24.3 Å². The lowest BCUT2D eigenvalue weighted by Gasteiger charge is -2.08. The van der Waals surface area contributed by atoms with Gasteiger partial charge in [0.05, 0.1) is 10.6 Å². The summed E-state index contributed by atoms with van der Waals surface area (Å²) in [4.78, 5) is 17.0. The number of nitrogens with one attached hydrogen (secondary N) is 1. The Bertz CT molecular complexity index is 1220. The minimum absolute atomic E-state index is 0.262. The molecule has 4 rings (SSSR count). The quantitative estimate of drug-likeness (QED) is 0.462. The van der Waals surface area contributed by atoms with Gasteiger partial charge < -0.3 is 10.1 Å². The maximum absolute atomic E-state index is 13.0. The zero-order valence-electron chi connectivity index (χ0n) is 16.5. The molecule has 0 atom stereocenters. The van der Waals surface area contributed by atoms with Gasteiger partial charge in [-0.25, -0.2) is 9.37 Å². The molecule has 0 fully saturated rings. The Morgan fingerprint density at radius 3 is 2.71 bits per heavy atom. The summed E-state index contributed by atoms with van der Waals surface area (Å²) in [5.41, 5.74) is 2.42. The Hall–Kier alpha value is -3.71. The van der Waals surface area contributed by atoms with Crippen LogP contribution in [-0.2, 0) is 13.6 Å². The summed E-state index contributed by atoms with van der Waals surface area (Å²) < 4.78 is 20.3.